The molecule has 108 valence electrons. The number of hydrogen-bond donors (Lipinski definition) is 1. The molecule has 20 heavy (non-hydrogen) atoms. The van der Waals surface area contributed by atoms with E-state index in [0.29, 0.717) is 11.6 Å². The van der Waals surface area contributed by atoms with Crippen LogP contribution in [-0.4, -0.2) is 23.7 Å². The van der Waals surface area contributed by atoms with Gasteiger partial charge >= 0.3 is 5.97 Å². The minimum Gasteiger partial charge on any atom is -0.478 e. The molecule has 3 rings (SSSR count). The van der Waals surface area contributed by atoms with Crippen molar-refractivity contribution in [1.82, 2.24) is 0 Å². The standard InChI is InChI=1S/C17H23NO2/c1-12-4-7-15(8-5-12)18-10-2-3-13-11-14(17(19)20)6-9-16(13)18/h6,9,11-12,15H,2-5,7-8,10H2,1H3,(H,19,20). The number of carboxylic acid groups (broad SMARTS) is 1. The van der Waals surface area contributed by atoms with Crippen molar-refractivity contribution in [3.8, 4) is 0 Å². The Bertz CT molecular complexity index is 504. The van der Waals surface area contributed by atoms with E-state index >= 15 is 0 Å². The maximum atomic E-state index is 11.1. The molecule has 1 heterocycles. The van der Waals surface area contributed by atoms with Gasteiger partial charge in [-0.3, -0.25) is 0 Å². The van der Waals surface area contributed by atoms with Crippen molar-refractivity contribution in [2.24, 2.45) is 5.92 Å². The highest BCUT2D eigenvalue weighted by Gasteiger charge is 2.27. The summed E-state index contributed by atoms with van der Waals surface area (Å²) < 4.78 is 0. The van der Waals surface area contributed by atoms with E-state index in [9.17, 15) is 4.79 Å². The number of benzene rings is 1. The number of nitrogens with zero attached hydrogens (tertiary/aromatic N) is 1. The first kappa shape index (κ1) is 13.5. The monoisotopic (exact) mass is 273 g/mol. The van der Waals surface area contributed by atoms with Crippen molar-refractivity contribution >= 4 is 11.7 Å². The van der Waals surface area contributed by atoms with E-state index in [-0.39, 0.29) is 0 Å². The van der Waals surface area contributed by atoms with E-state index in [1.807, 2.05) is 12.1 Å². The van der Waals surface area contributed by atoms with Crippen LogP contribution in [0.1, 0.15) is 54.9 Å². The van der Waals surface area contributed by atoms with Crippen LogP contribution < -0.4 is 4.90 Å². The molecule has 1 aliphatic heterocycles. The molecule has 0 saturated heterocycles. The second kappa shape index (κ2) is 5.47. The molecule has 0 unspecified atom stereocenters. The topological polar surface area (TPSA) is 40.5 Å². The Kier molecular flexibility index (Phi) is 3.68. The van der Waals surface area contributed by atoms with Gasteiger partial charge in [-0.2, -0.15) is 0 Å². The SMILES string of the molecule is CC1CCC(N2CCCc3cc(C(=O)O)ccc32)CC1. The molecule has 2 aliphatic rings. The van der Waals surface area contributed by atoms with Crippen LogP contribution in [0.25, 0.3) is 0 Å². The van der Waals surface area contributed by atoms with E-state index in [1.54, 1.807) is 6.07 Å². The zero-order chi connectivity index (χ0) is 14.1. The average Bonchev–Trinajstić information content (AvgIpc) is 2.47. The molecule has 0 aromatic heterocycles. The smallest absolute Gasteiger partial charge is 0.335 e. The lowest BCUT2D eigenvalue weighted by Crippen LogP contribution is -2.41. The van der Waals surface area contributed by atoms with Crippen molar-refractivity contribution in [2.75, 3.05) is 11.4 Å². The van der Waals surface area contributed by atoms with Crippen LogP contribution in [0.3, 0.4) is 0 Å². The molecule has 3 nitrogen and oxygen atoms in total. The Morgan fingerprint density at radius 1 is 1.25 bits per heavy atom. The Balaban J connectivity index is 1.84. The van der Waals surface area contributed by atoms with E-state index in [0.717, 1.165) is 25.3 Å². The fraction of sp³-hybridized carbons (Fsp3) is 0.588. The van der Waals surface area contributed by atoms with Crippen LogP contribution in [0, 0.1) is 5.92 Å². The van der Waals surface area contributed by atoms with Gasteiger partial charge in [-0.1, -0.05) is 6.92 Å². The summed E-state index contributed by atoms with van der Waals surface area (Å²) in [5.41, 5.74) is 2.92. The highest BCUT2D eigenvalue weighted by Crippen LogP contribution is 2.35. The minimum atomic E-state index is -0.823. The molecule has 0 bridgehead atoms. The van der Waals surface area contributed by atoms with Crippen LogP contribution in [0.2, 0.25) is 0 Å². The van der Waals surface area contributed by atoms with Crippen LogP contribution >= 0.6 is 0 Å². The summed E-state index contributed by atoms with van der Waals surface area (Å²) in [5.74, 6) is 0.0429. The van der Waals surface area contributed by atoms with Crippen molar-refractivity contribution in [3.63, 3.8) is 0 Å². The van der Waals surface area contributed by atoms with Gasteiger partial charge in [0.25, 0.3) is 0 Å². The average molecular weight is 273 g/mol. The molecule has 0 amide bonds. The molecule has 0 radical (unpaired) electrons. The quantitative estimate of drug-likeness (QED) is 0.893. The summed E-state index contributed by atoms with van der Waals surface area (Å²) in [7, 11) is 0. The molecule has 0 spiro atoms. The van der Waals surface area contributed by atoms with E-state index in [2.05, 4.69) is 11.8 Å². The van der Waals surface area contributed by atoms with Gasteiger partial charge in [0.1, 0.15) is 0 Å². The number of fused-ring (bicyclic) bond motifs is 1. The van der Waals surface area contributed by atoms with Crippen LogP contribution in [0.5, 0.6) is 0 Å². The highest BCUT2D eigenvalue weighted by atomic mass is 16.4. The molecule has 1 aliphatic carbocycles. The number of anilines is 1. The maximum Gasteiger partial charge on any atom is 0.335 e. The third-order valence-electron chi connectivity index (χ3n) is 4.91. The second-order valence-electron chi connectivity index (χ2n) is 6.36. The van der Waals surface area contributed by atoms with Crippen molar-refractivity contribution in [1.29, 1.82) is 0 Å². The third-order valence-corrected chi connectivity index (χ3v) is 4.91. The van der Waals surface area contributed by atoms with Crippen LogP contribution in [-0.2, 0) is 6.42 Å². The molecule has 0 atom stereocenters. The van der Waals surface area contributed by atoms with Crippen molar-refractivity contribution in [3.05, 3.63) is 29.3 Å². The summed E-state index contributed by atoms with van der Waals surface area (Å²) in [6.07, 6.45) is 7.36. The lowest BCUT2D eigenvalue weighted by atomic mass is 9.85. The lowest BCUT2D eigenvalue weighted by molar-refractivity contribution is 0.0697. The molecule has 1 saturated carbocycles. The first-order valence-corrected chi connectivity index (χ1v) is 7.78. The minimum absolute atomic E-state index is 0.419. The van der Waals surface area contributed by atoms with Crippen LogP contribution in [0.15, 0.2) is 18.2 Å². The lowest BCUT2D eigenvalue weighted by Gasteiger charge is -2.41. The summed E-state index contributed by atoms with van der Waals surface area (Å²) in [6.45, 7) is 3.47. The predicted molar refractivity (Wildman–Crippen MR) is 80.5 cm³/mol. The zero-order valence-electron chi connectivity index (χ0n) is 12.1. The predicted octanol–water partition coefficient (Wildman–Crippen LogP) is 3.72. The van der Waals surface area contributed by atoms with Gasteiger partial charge in [0.15, 0.2) is 0 Å². The van der Waals surface area contributed by atoms with Crippen molar-refractivity contribution < 1.29 is 9.90 Å². The normalized spacial score (nSPS) is 26.1. The largest absolute Gasteiger partial charge is 0.478 e. The molecule has 3 heteroatoms. The molecule has 1 aromatic rings. The number of aromatic carboxylic acids is 1. The summed E-state index contributed by atoms with van der Waals surface area (Å²) in [4.78, 5) is 13.6. The van der Waals surface area contributed by atoms with Gasteiger partial charge in [0.2, 0.25) is 0 Å². The molecular formula is C17H23NO2. The van der Waals surface area contributed by atoms with Gasteiger partial charge in [0, 0.05) is 18.3 Å². The fourth-order valence-corrected chi connectivity index (χ4v) is 3.69. The molecule has 1 fully saturated rings. The van der Waals surface area contributed by atoms with Crippen molar-refractivity contribution in [2.45, 2.75) is 51.5 Å². The third kappa shape index (κ3) is 2.54. The Labute approximate surface area is 120 Å². The molecular weight excluding hydrogens is 250 g/mol. The number of hydrogen-bond acceptors (Lipinski definition) is 2. The molecule has 1 N–H and O–H groups in total. The number of carboxylic acids is 1. The first-order chi connectivity index (χ1) is 9.65. The van der Waals surface area contributed by atoms with Gasteiger partial charge in [-0.25, -0.2) is 4.79 Å². The number of carbonyl (C=O) groups is 1. The van der Waals surface area contributed by atoms with E-state index in [1.165, 1.54) is 36.9 Å². The Morgan fingerprint density at radius 3 is 2.70 bits per heavy atom. The number of rotatable bonds is 2. The summed E-state index contributed by atoms with van der Waals surface area (Å²) in [5, 5.41) is 9.12. The van der Waals surface area contributed by atoms with Gasteiger partial charge in [-0.15, -0.1) is 0 Å². The zero-order valence-corrected chi connectivity index (χ0v) is 12.1. The number of aryl methyl sites for hydroxylation is 1. The first-order valence-electron chi connectivity index (χ1n) is 7.78. The van der Waals surface area contributed by atoms with Gasteiger partial charge in [0.05, 0.1) is 5.56 Å². The van der Waals surface area contributed by atoms with Gasteiger partial charge in [-0.05, 0) is 68.2 Å². The van der Waals surface area contributed by atoms with Crippen LogP contribution in [0.4, 0.5) is 5.69 Å². The van der Waals surface area contributed by atoms with Gasteiger partial charge < -0.3 is 10.0 Å². The van der Waals surface area contributed by atoms with E-state index in [4.69, 9.17) is 5.11 Å². The Morgan fingerprint density at radius 2 is 2.00 bits per heavy atom. The molecule has 1 aromatic carbocycles. The maximum absolute atomic E-state index is 11.1. The highest BCUT2D eigenvalue weighted by molar-refractivity contribution is 5.88. The fourth-order valence-electron chi connectivity index (χ4n) is 3.69. The summed E-state index contributed by atoms with van der Waals surface area (Å²) in [6, 6.07) is 6.30. The summed E-state index contributed by atoms with van der Waals surface area (Å²) >= 11 is 0. The second-order valence-corrected chi connectivity index (χ2v) is 6.36. The van der Waals surface area contributed by atoms with E-state index < -0.39 is 5.97 Å². The Hall–Kier alpha value is -1.51.